The summed E-state index contributed by atoms with van der Waals surface area (Å²) in [5.74, 6) is 0.824. The van der Waals surface area contributed by atoms with Gasteiger partial charge in [0.15, 0.2) is 0 Å². The summed E-state index contributed by atoms with van der Waals surface area (Å²) in [4.78, 5) is 0.281. The maximum Gasteiger partial charge on any atom is 0.264 e. The second kappa shape index (κ2) is 7.80. The zero-order chi connectivity index (χ0) is 21.5. The largest absolute Gasteiger partial charge is 0.496 e. The van der Waals surface area contributed by atoms with Crippen LogP contribution in [0, 0.1) is 12.8 Å². The van der Waals surface area contributed by atoms with Crippen LogP contribution in [0.5, 0.6) is 5.75 Å². The molecule has 3 aromatic carbocycles. The van der Waals surface area contributed by atoms with Gasteiger partial charge < -0.3 is 4.74 Å². The summed E-state index contributed by atoms with van der Waals surface area (Å²) in [6.07, 6.45) is 0.870. The van der Waals surface area contributed by atoms with E-state index in [2.05, 4.69) is 26.0 Å². The molecule has 30 heavy (non-hydrogen) atoms. The lowest BCUT2D eigenvalue weighted by Gasteiger charge is -2.42. The van der Waals surface area contributed by atoms with Gasteiger partial charge in [-0.2, -0.15) is 0 Å². The van der Waals surface area contributed by atoms with Crippen molar-refractivity contribution in [3.63, 3.8) is 0 Å². The summed E-state index contributed by atoms with van der Waals surface area (Å²) in [5, 5.41) is 0. The van der Waals surface area contributed by atoms with Crippen LogP contribution in [0.1, 0.15) is 37.4 Å². The molecule has 1 heterocycles. The Morgan fingerprint density at radius 3 is 2.33 bits per heavy atom. The van der Waals surface area contributed by atoms with Crippen LogP contribution < -0.4 is 9.04 Å². The predicted octanol–water partition coefficient (Wildman–Crippen LogP) is 5.97. The molecule has 5 heteroatoms. The fraction of sp³-hybridized carbons (Fsp3) is 0.280. The van der Waals surface area contributed by atoms with Crippen LogP contribution >= 0.6 is 0 Å². The molecule has 4 nitrogen and oxygen atoms in total. The van der Waals surface area contributed by atoms with Crippen molar-refractivity contribution in [1.29, 1.82) is 0 Å². The Morgan fingerprint density at radius 1 is 1.00 bits per heavy atom. The maximum absolute atomic E-state index is 14.0. The second-order valence-electron chi connectivity index (χ2n) is 7.87. The Bertz CT molecular complexity index is 1190. The molecule has 0 aliphatic carbocycles. The Morgan fingerprint density at radius 2 is 1.67 bits per heavy atom. The van der Waals surface area contributed by atoms with Gasteiger partial charge in [-0.1, -0.05) is 62.7 Å². The van der Waals surface area contributed by atoms with Crippen LogP contribution in [-0.2, 0) is 10.0 Å². The lowest BCUT2D eigenvalue weighted by Crippen LogP contribution is -2.40. The first kappa shape index (κ1) is 20.5. The number of aryl methyl sites for hydroxylation is 1. The number of ether oxygens (including phenoxy) is 1. The van der Waals surface area contributed by atoms with Crippen molar-refractivity contribution in [2.75, 3.05) is 11.4 Å². The Kier molecular flexibility index (Phi) is 5.33. The minimum atomic E-state index is -3.79. The van der Waals surface area contributed by atoms with Crippen molar-refractivity contribution >= 4 is 15.7 Å². The Hall–Kier alpha value is -2.79. The van der Waals surface area contributed by atoms with Gasteiger partial charge in [-0.3, -0.25) is 4.31 Å². The standard InChI is InChI=1S/C25H27NO3S/c1-5-17(2)25-22-12-7-6-10-20(22)21-11-8-9-13-23(21)26(25)30(27,28)19-14-15-24(29-4)18(3)16-19/h6-17,25H,5H2,1-4H3/t17-,25+/m1/s1. The molecule has 4 rings (SSSR count). The highest BCUT2D eigenvalue weighted by Gasteiger charge is 2.41. The van der Waals surface area contributed by atoms with Gasteiger partial charge in [-0.15, -0.1) is 0 Å². The molecule has 0 spiro atoms. The zero-order valence-corrected chi connectivity index (χ0v) is 18.6. The monoisotopic (exact) mass is 421 g/mol. The van der Waals surface area contributed by atoms with Gasteiger partial charge in [0.2, 0.25) is 0 Å². The highest BCUT2D eigenvalue weighted by Crippen LogP contribution is 2.50. The molecule has 0 saturated heterocycles. The number of benzene rings is 3. The summed E-state index contributed by atoms with van der Waals surface area (Å²) in [6.45, 7) is 6.09. The highest BCUT2D eigenvalue weighted by molar-refractivity contribution is 7.92. The van der Waals surface area contributed by atoms with E-state index in [1.165, 1.54) is 0 Å². The molecule has 0 amide bonds. The smallest absolute Gasteiger partial charge is 0.264 e. The summed E-state index contributed by atoms with van der Waals surface area (Å²) >= 11 is 0. The van der Waals surface area contributed by atoms with Crippen molar-refractivity contribution in [1.82, 2.24) is 0 Å². The second-order valence-corrected chi connectivity index (χ2v) is 9.68. The Balaban J connectivity index is 1.98. The average molecular weight is 422 g/mol. The van der Waals surface area contributed by atoms with E-state index in [0.29, 0.717) is 5.75 Å². The molecule has 0 radical (unpaired) electrons. The highest BCUT2D eigenvalue weighted by atomic mass is 32.2. The number of sulfonamides is 1. The van der Waals surface area contributed by atoms with Crippen LogP contribution in [0.25, 0.3) is 11.1 Å². The van der Waals surface area contributed by atoms with E-state index in [9.17, 15) is 8.42 Å². The van der Waals surface area contributed by atoms with Gasteiger partial charge in [-0.05, 0) is 53.8 Å². The van der Waals surface area contributed by atoms with E-state index < -0.39 is 10.0 Å². The first-order chi connectivity index (χ1) is 14.4. The van der Waals surface area contributed by atoms with E-state index in [1.54, 1.807) is 29.6 Å². The molecule has 0 bridgehead atoms. The van der Waals surface area contributed by atoms with E-state index >= 15 is 0 Å². The Labute approximate surface area is 179 Å². The normalized spacial score (nSPS) is 16.5. The minimum absolute atomic E-state index is 0.147. The number of methoxy groups -OCH3 is 1. The average Bonchev–Trinajstić information content (AvgIpc) is 2.77. The molecule has 2 atom stereocenters. The van der Waals surface area contributed by atoms with Crippen LogP contribution in [0.3, 0.4) is 0 Å². The molecule has 1 aliphatic rings. The minimum Gasteiger partial charge on any atom is -0.496 e. The first-order valence-electron chi connectivity index (χ1n) is 10.3. The summed E-state index contributed by atoms with van der Waals surface area (Å²) in [7, 11) is -2.20. The lowest BCUT2D eigenvalue weighted by molar-refractivity contribution is 0.411. The van der Waals surface area contributed by atoms with Crippen molar-refractivity contribution in [2.45, 2.75) is 38.1 Å². The quantitative estimate of drug-likeness (QED) is 0.510. The third-order valence-electron chi connectivity index (χ3n) is 6.07. The number of rotatable bonds is 5. The zero-order valence-electron chi connectivity index (χ0n) is 17.8. The molecule has 0 aromatic heterocycles. The molecule has 0 saturated carbocycles. The van der Waals surface area contributed by atoms with E-state index in [0.717, 1.165) is 34.4 Å². The molecule has 1 aliphatic heterocycles. The predicted molar refractivity (Wildman–Crippen MR) is 121 cm³/mol. The van der Waals surface area contributed by atoms with E-state index in [4.69, 9.17) is 4.74 Å². The number of nitrogens with zero attached hydrogens (tertiary/aromatic N) is 1. The van der Waals surface area contributed by atoms with Crippen molar-refractivity contribution in [3.05, 3.63) is 77.9 Å². The molecule has 3 aromatic rings. The lowest BCUT2D eigenvalue weighted by atomic mass is 9.83. The number of para-hydroxylation sites is 1. The molecule has 0 N–H and O–H groups in total. The summed E-state index contributed by atoms with van der Waals surface area (Å²) in [5.41, 5.74) is 4.64. The molecular weight excluding hydrogens is 394 g/mol. The summed E-state index contributed by atoms with van der Waals surface area (Å²) in [6, 6.07) is 20.7. The van der Waals surface area contributed by atoms with Crippen LogP contribution in [0.2, 0.25) is 0 Å². The topological polar surface area (TPSA) is 46.6 Å². The first-order valence-corrected chi connectivity index (χ1v) is 11.7. The van der Waals surface area contributed by atoms with E-state index in [1.807, 2.05) is 43.3 Å². The SMILES string of the molecule is CC[C@@H](C)[C@H]1c2ccccc2-c2ccccc2N1S(=O)(=O)c1ccc(OC)c(C)c1. The van der Waals surface area contributed by atoms with Gasteiger partial charge in [0.05, 0.1) is 23.7 Å². The van der Waals surface area contributed by atoms with Gasteiger partial charge >= 0.3 is 0 Å². The fourth-order valence-corrected chi connectivity index (χ4v) is 6.17. The van der Waals surface area contributed by atoms with Crippen molar-refractivity contribution in [3.8, 4) is 16.9 Å². The number of hydrogen-bond donors (Lipinski definition) is 0. The van der Waals surface area contributed by atoms with Crippen molar-refractivity contribution < 1.29 is 13.2 Å². The van der Waals surface area contributed by atoms with Crippen molar-refractivity contribution in [2.24, 2.45) is 5.92 Å². The van der Waals surface area contributed by atoms with E-state index in [-0.39, 0.29) is 16.9 Å². The third-order valence-corrected chi connectivity index (χ3v) is 7.86. The van der Waals surface area contributed by atoms with Gasteiger partial charge in [0.25, 0.3) is 10.0 Å². The number of anilines is 1. The van der Waals surface area contributed by atoms with Gasteiger partial charge in [0.1, 0.15) is 5.75 Å². The van der Waals surface area contributed by atoms with Gasteiger partial charge in [-0.25, -0.2) is 8.42 Å². The maximum atomic E-state index is 14.0. The third kappa shape index (κ3) is 3.18. The molecule has 0 fully saturated rings. The van der Waals surface area contributed by atoms with Crippen LogP contribution in [0.15, 0.2) is 71.6 Å². The van der Waals surface area contributed by atoms with Crippen LogP contribution in [0.4, 0.5) is 5.69 Å². The van der Waals surface area contributed by atoms with Gasteiger partial charge in [0, 0.05) is 5.56 Å². The summed E-state index contributed by atoms with van der Waals surface area (Å²) < 4.78 is 35.0. The molecular formula is C25H27NO3S. The molecule has 0 unspecified atom stereocenters. The number of fused-ring (bicyclic) bond motifs is 3. The molecule has 156 valence electrons. The fourth-order valence-electron chi connectivity index (χ4n) is 4.33. The number of hydrogen-bond acceptors (Lipinski definition) is 3. The van der Waals surface area contributed by atoms with Crippen LogP contribution in [-0.4, -0.2) is 15.5 Å².